The summed E-state index contributed by atoms with van der Waals surface area (Å²) in [7, 11) is 0. The van der Waals surface area contributed by atoms with Crippen LogP contribution in [0.25, 0.3) is 39.5 Å². The van der Waals surface area contributed by atoms with Crippen molar-refractivity contribution in [3.63, 3.8) is 0 Å². The van der Waals surface area contributed by atoms with Crippen LogP contribution in [0.15, 0.2) is 79.0 Å². The molecule has 10 heteroatoms. The molecule has 45 heavy (non-hydrogen) atoms. The summed E-state index contributed by atoms with van der Waals surface area (Å²) in [6.07, 6.45) is 3.05. The smallest absolute Gasteiger partial charge is 0.407 e. The molecule has 0 unspecified atom stereocenters. The Morgan fingerprint density at radius 2 is 1.73 bits per heavy atom. The highest BCUT2D eigenvalue weighted by Crippen LogP contribution is 2.32. The van der Waals surface area contributed by atoms with Crippen LogP contribution in [0.5, 0.6) is 0 Å². The van der Waals surface area contributed by atoms with Gasteiger partial charge in [-0.25, -0.2) is 19.7 Å². The van der Waals surface area contributed by atoms with Gasteiger partial charge in [0.05, 0.1) is 22.9 Å². The number of hydrogen-bond donors (Lipinski definition) is 2. The molecule has 228 valence electrons. The number of pyridine rings is 2. The minimum Gasteiger partial charge on any atom is -0.444 e. The third-order valence-corrected chi connectivity index (χ3v) is 7.82. The lowest BCUT2D eigenvalue weighted by Crippen LogP contribution is -2.45. The molecule has 0 bridgehead atoms. The van der Waals surface area contributed by atoms with Crippen molar-refractivity contribution in [2.75, 3.05) is 18.8 Å². The summed E-state index contributed by atoms with van der Waals surface area (Å²) in [5, 5.41) is 12.7. The highest BCUT2D eigenvalue weighted by atomic mass is 16.6. The first-order chi connectivity index (χ1) is 21.7. The zero-order valence-corrected chi connectivity index (χ0v) is 25.7. The normalized spacial score (nSPS) is 14.3. The lowest BCUT2D eigenvalue weighted by Gasteiger charge is -2.32. The average molecular weight is 601 g/mol. The monoisotopic (exact) mass is 600 g/mol. The molecule has 3 aromatic heterocycles. The third-order valence-electron chi connectivity index (χ3n) is 7.82. The van der Waals surface area contributed by atoms with Gasteiger partial charge in [0.2, 0.25) is 0 Å². The Morgan fingerprint density at radius 3 is 2.44 bits per heavy atom. The summed E-state index contributed by atoms with van der Waals surface area (Å²) >= 11 is 0. The molecule has 6 rings (SSSR count). The third kappa shape index (κ3) is 6.64. The highest BCUT2D eigenvalue weighted by Gasteiger charge is 2.24. The molecule has 2 aromatic carbocycles. The summed E-state index contributed by atoms with van der Waals surface area (Å²) in [6.45, 7) is 8.18. The lowest BCUT2D eigenvalue weighted by molar-refractivity contribution is 0.0477. The highest BCUT2D eigenvalue weighted by molar-refractivity contribution is 5.85. The van der Waals surface area contributed by atoms with E-state index in [0.717, 1.165) is 43.7 Å². The van der Waals surface area contributed by atoms with Crippen LogP contribution in [0, 0.1) is 11.3 Å². The number of alkyl carbamates (subject to hydrolysis) is 1. The van der Waals surface area contributed by atoms with Gasteiger partial charge in [-0.05, 0) is 81.6 Å². The van der Waals surface area contributed by atoms with Crippen molar-refractivity contribution in [1.82, 2.24) is 29.7 Å². The Balaban J connectivity index is 1.26. The number of ether oxygens (including phenoxy) is 1. The van der Waals surface area contributed by atoms with Gasteiger partial charge in [-0.2, -0.15) is 5.26 Å². The Bertz CT molecular complexity index is 1880. The summed E-state index contributed by atoms with van der Waals surface area (Å²) in [5.74, 6) is 1.02. The minimum absolute atomic E-state index is 0.115. The van der Waals surface area contributed by atoms with E-state index in [1.165, 1.54) is 5.56 Å². The standard InChI is InChI=1S/C35H36N8O2/c1-35(2,3)45-34(44)39-25-16-19-42(20-17-25)22-23-10-12-26(13-11-23)43-32(28-9-6-18-38-31(28)37)41-30-15-14-29(40-33(30)43)27-8-5-4-7-24(27)21-36/h4-15,18,25H,16-17,19-20,22H2,1-3H3,(H2,37,38)(H,39,44). The van der Waals surface area contributed by atoms with E-state index >= 15 is 0 Å². The molecule has 10 nitrogen and oxygen atoms in total. The van der Waals surface area contributed by atoms with E-state index < -0.39 is 5.60 Å². The number of aromatic nitrogens is 4. The van der Waals surface area contributed by atoms with Crippen molar-refractivity contribution in [2.45, 2.75) is 51.8 Å². The number of anilines is 1. The Kier molecular flexibility index (Phi) is 8.20. The first kappa shape index (κ1) is 29.8. The number of benzene rings is 2. The maximum atomic E-state index is 12.2. The number of nitrogens with two attached hydrogens (primary N) is 1. The van der Waals surface area contributed by atoms with Crippen LogP contribution in [-0.2, 0) is 11.3 Å². The fraction of sp³-hybridized carbons (Fsp3) is 0.286. The number of carbonyl (C=O) groups is 1. The Labute approximate surface area is 262 Å². The topological polar surface area (TPSA) is 135 Å². The molecule has 5 aromatic rings. The van der Waals surface area contributed by atoms with E-state index in [4.69, 9.17) is 20.4 Å². The fourth-order valence-electron chi connectivity index (χ4n) is 5.66. The van der Waals surface area contributed by atoms with E-state index in [1.54, 1.807) is 12.3 Å². The van der Waals surface area contributed by atoms with Gasteiger partial charge in [0.25, 0.3) is 0 Å². The van der Waals surface area contributed by atoms with Crippen molar-refractivity contribution in [3.05, 3.63) is 90.1 Å². The predicted octanol–water partition coefficient (Wildman–Crippen LogP) is 6.09. The molecule has 3 N–H and O–H groups in total. The van der Waals surface area contributed by atoms with Gasteiger partial charge < -0.3 is 15.8 Å². The number of rotatable bonds is 6. The quantitative estimate of drug-likeness (QED) is 0.239. The number of nitrogens with one attached hydrogen (secondary N) is 1. The number of nitrogen functional groups attached to an aromatic ring is 1. The second-order valence-corrected chi connectivity index (χ2v) is 12.3. The van der Waals surface area contributed by atoms with Crippen LogP contribution >= 0.6 is 0 Å². The van der Waals surface area contributed by atoms with Gasteiger partial charge in [-0.15, -0.1) is 0 Å². The van der Waals surface area contributed by atoms with Crippen LogP contribution in [0.4, 0.5) is 10.6 Å². The first-order valence-electron chi connectivity index (χ1n) is 15.1. The number of fused-ring (bicyclic) bond motifs is 1. The number of amides is 1. The number of nitrogens with zero attached hydrogens (tertiary/aromatic N) is 6. The maximum absolute atomic E-state index is 12.2. The SMILES string of the molecule is CC(C)(C)OC(=O)NC1CCN(Cc2ccc(-n3c(-c4cccnc4N)nc4ccc(-c5ccccc5C#N)nc43)cc2)CC1. The van der Waals surface area contributed by atoms with Crippen LogP contribution in [0.1, 0.15) is 44.7 Å². The molecule has 1 saturated heterocycles. The van der Waals surface area contributed by atoms with Gasteiger partial charge in [0.15, 0.2) is 11.5 Å². The van der Waals surface area contributed by atoms with Gasteiger partial charge in [-0.3, -0.25) is 9.47 Å². The predicted molar refractivity (Wildman–Crippen MR) is 174 cm³/mol. The van der Waals surface area contributed by atoms with Gasteiger partial charge in [-0.1, -0.05) is 30.3 Å². The number of hydrogen-bond acceptors (Lipinski definition) is 8. The molecule has 0 aliphatic carbocycles. The number of nitriles is 1. The lowest BCUT2D eigenvalue weighted by atomic mass is 10.0. The molecule has 4 heterocycles. The van der Waals surface area contributed by atoms with Gasteiger partial charge in [0, 0.05) is 43.1 Å². The second-order valence-electron chi connectivity index (χ2n) is 12.3. The molecule has 1 amide bonds. The molecule has 1 aliphatic heterocycles. The van der Waals surface area contributed by atoms with Crippen LogP contribution in [0.2, 0.25) is 0 Å². The largest absolute Gasteiger partial charge is 0.444 e. The second kappa shape index (κ2) is 12.4. The summed E-state index contributed by atoms with van der Waals surface area (Å²) in [5.41, 5.74) is 12.0. The van der Waals surface area contributed by atoms with Crippen LogP contribution in [-0.4, -0.2) is 55.2 Å². The van der Waals surface area contributed by atoms with E-state index in [0.29, 0.717) is 39.6 Å². The summed E-state index contributed by atoms with van der Waals surface area (Å²) < 4.78 is 7.42. The number of imidazole rings is 1. The van der Waals surface area contributed by atoms with Crippen LogP contribution in [0.3, 0.4) is 0 Å². The van der Waals surface area contributed by atoms with Crippen molar-refractivity contribution in [3.8, 4) is 34.4 Å². The molecule has 1 fully saturated rings. The van der Waals surface area contributed by atoms with Crippen molar-refractivity contribution >= 4 is 23.1 Å². The number of piperidine rings is 1. The van der Waals surface area contributed by atoms with Gasteiger partial charge in [0.1, 0.15) is 16.9 Å². The zero-order chi connectivity index (χ0) is 31.6. The average Bonchev–Trinajstić information content (AvgIpc) is 3.40. The fourth-order valence-corrected chi connectivity index (χ4v) is 5.66. The number of carbonyl (C=O) groups excluding carboxylic acids is 1. The summed E-state index contributed by atoms with van der Waals surface area (Å²) in [6, 6.07) is 25.8. The van der Waals surface area contributed by atoms with Crippen molar-refractivity contribution < 1.29 is 9.53 Å². The molecule has 0 spiro atoms. The van der Waals surface area contributed by atoms with Crippen molar-refractivity contribution in [1.29, 1.82) is 5.26 Å². The molecule has 0 saturated carbocycles. The minimum atomic E-state index is -0.507. The van der Waals surface area contributed by atoms with Gasteiger partial charge >= 0.3 is 6.09 Å². The van der Waals surface area contributed by atoms with Crippen LogP contribution < -0.4 is 11.1 Å². The van der Waals surface area contributed by atoms with E-state index in [9.17, 15) is 10.1 Å². The Hall–Kier alpha value is -5.27. The number of likely N-dealkylation sites (tertiary alicyclic amines) is 1. The molecule has 0 radical (unpaired) electrons. The van der Waals surface area contributed by atoms with E-state index in [2.05, 4.69) is 45.5 Å². The molecule has 0 atom stereocenters. The molecular formula is C35H36N8O2. The zero-order valence-electron chi connectivity index (χ0n) is 25.7. The maximum Gasteiger partial charge on any atom is 0.407 e. The molecular weight excluding hydrogens is 564 g/mol. The summed E-state index contributed by atoms with van der Waals surface area (Å²) in [4.78, 5) is 28.8. The van der Waals surface area contributed by atoms with E-state index in [-0.39, 0.29) is 12.1 Å². The molecule has 1 aliphatic rings. The Morgan fingerprint density at radius 1 is 1.00 bits per heavy atom. The van der Waals surface area contributed by atoms with Crippen molar-refractivity contribution in [2.24, 2.45) is 0 Å². The van der Waals surface area contributed by atoms with E-state index in [1.807, 2.05) is 67.8 Å². The first-order valence-corrected chi connectivity index (χ1v) is 15.1.